The lowest BCUT2D eigenvalue weighted by Gasteiger charge is -2.19. The van der Waals surface area contributed by atoms with Gasteiger partial charge in [-0.3, -0.25) is 4.79 Å². The van der Waals surface area contributed by atoms with E-state index >= 15 is 0 Å². The highest BCUT2D eigenvalue weighted by Gasteiger charge is 2.35. The number of carbonyl (C=O) groups excluding carboxylic acids is 1. The molecule has 5 rings (SSSR count). The molecule has 3 unspecified atom stereocenters. The third kappa shape index (κ3) is 5.24. The summed E-state index contributed by atoms with van der Waals surface area (Å²) in [6.45, 7) is 3.89. The van der Waals surface area contributed by atoms with Crippen LogP contribution in [-0.2, 0) is 0 Å². The molecule has 0 aliphatic heterocycles. The molecule has 1 heterocycles. The van der Waals surface area contributed by atoms with Gasteiger partial charge in [-0.05, 0) is 85.7 Å². The van der Waals surface area contributed by atoms with E-state index in [-0.39, 0.29) is 11.7 Å². The number of nitrogens with one attached hydrogen (secondary N) is 1. The molecule has 0 radical (unpaired) electrons. The predicted octanol–water partition coefficient (Wildman–Crippen LogP) is 8.29. The number of aryl methyl sites for hydroxylation is 1. The average molecular weight is 482 g/mol. The normalized spacial score (nSPS) is 18.4. The van der Waals surface area contributed by atoms with Crippen LogP contribution in [0.1, 0.15) is 64.6 Å². The van der Waals surface area contributed by atoms with Gasteiger partial charge in [0.2, 0.25) is 0 Å². The Labute approximate surface area is 211 Å². The molecule has 4 heteroatoms. The zero-order valence-electron chi connectivity index (χ0n) is 20.2. The van der Waals surface area contributed by atoms with Crippen LogP contribution in [0.3, 0.4) is 0 Å². The van der Waals surface area contributed by atoms with Gasteiger partial charge in [0.15, 0.2) is 5.78 Å². The van der Waals surface area contributed by atoms with E-state index in [1.54, 1.807) is 18.3 Å². The molecule has 0 bridgehead atoms. The summed E-state index contributed by atoms with van der Waals surface area (Å²) in [5.74, 6) is 0.671. The molecular weight excluding hydrogens is 450 g/mol. The highest BCUT2D eigenvalue weighted by molar-refractivity contribution is 7.17. The maximum Gasteiger partial charge on any atom is 0.176 e. The van der Waals surface area contributed by atoms with E-state index in [0.29, 0.717) is 5.92 Å². The van der Waals surface area contributed by atoms with Crippen molar-refractivity contribution in [2.45, 2.75) is 45.1 Å². The molecule has 1 saturated carbocycles. The second kappa shape index (κ2) is 10.2. The summed E-state index contributed by atoms with van der Waals surface area (Å²) in [6, 6.07) is 28.8. The van der Waals surface area contributed by atoms with Crippen molar-refractivity contribution in [3.05, 3.63) is 106 Å². The van der Waals surface area contributed by atoms with Crippen LogP contribution in [0, 0.1) is 12.8 Å². The number of thiophene rings is 1. The van der Waals surface area contributed by atoms with Gasteiger partial charge in [-0.2, -0.15) is 0 Å². The van der Waals surface area contributed by atoms with Crippen molar-refractivity contribution < 1.29 is 9.90 Å². The van der Waals surface area contributed by atoms with Crippen LogP contribution < -0.4 is 5.32 Å². The van der Waals surface area contributed by atoms with Crippen LogP contribution in [0.15, 0.2) is 84.9 Å². The van der Waals surface area contributed by atoms with Crippen molar-refractivity contribution in [1.29, 1.82) is 0 Å². The molecule has 3 atom stereocenters. The van der Waals surface area contributed by atoms with E-state index < -0.39 is 6.10 Å². The van der Waals surface area contributed by atoms with Crippen LogP contribution in [0.5, 0.6) is 0 Å². The van der Waals surface area contributed by atoms with Gasteiger partial charge < -0.3 is 10.4 Å². The van der Waals surface area contributed by atoms with Gasteiger partial charge in [0.05, 0.1) is 11.0 Å². The summed E-state index contributed by atoms with van der Waals surface area (Å²) in [7, 11) is 0. The lowest BCUT2D eigenvalue weighted by molar-refractivity contribution is 0.0916. The first-order chi connectivity index (χ1) is 17.0. The van der Waals surface area contributed by atoms with Crippen molar-refractivity contribution >= 4 is 28.5 Å². The number of hydrogen-bond acceptors (Lipinski definition) is 4. The number of anilines is 2. The van der Waals surface area contributed by atoms with Crippen LogP contribution in [0.2, 0.25) is 0 Å². The lowest BCUT2D eigenvalue weighted by atomic mass is 9.85. The number of carbonyl (C=O) groups is 1. The Morgan fingerprint density at radius 1 is 0.943 bits per heavy atom. The molecule has 1 aromatic heterocycles. The number of aliphatic hydroxyl groups excluding tert-OH is 1. The Kier molecular flexibility index (Phi) is 6.85. The fraction of sp³-hybridized carbons (Fsp3) is 0.258. The second-order valence-corrected chi connectivity index (χ2v) is 10.7. The average Bonchev–Trinajstić information content (AvgIpc) is 3.54. The molecule has 1 aliphatic rings. The lowest BCUT2D eigenvalue weighted by Crippen LogP contribution is -2.17. The highest BCUT2D eigenvalue weighted by atomic mass is 32.1. The zero-order chi connectivity index (χ0) is 24.4. The van der Waals surface area contributed by atoms with E-state index in [1.807, 2.05) is 42.5 Å². The SMILES string of the molecule is Cc1cccc(C2CCCC2C(=O)c2ccc(-c3cccc(Nc4cccc(C(C)O)c4)c3)s2)c1. The molecule has 0 saturated heterocycles. The molecule has 3 aromatic carbocycles. The van der Waals surface area contributed by atoms with Crippen LogP contribution in [0.4, 0.5) is 11.4 Å². The minimum atomic E-state index is -0.504. The first-order valence-corrected chi connectivity index (χ1v) is 13.2. The van der Waals surface area contributed by atoms with E-state index in [9.17, 15) is 9.90 Å². The number of ketones is 1. The van der Waals surface area contributed by atoms with E-state index in [1.165, 1.54) is 11.1 Å². The molecule has 1 aliphatic carbocycles. The number of benzene rings is 3. The summed E-state index contributed by atoms with van der Waals surface area (Å²) in [6.07, 6.45) is 2.66. The fourth-order valence-electron chi connectivity index (χ4n) is 5.17. The number of hydrogen-bond donors (Lipinski definition) is 2. The summed E-state index contributed by atoms with van der Waals surface area (Å²) in [5, 5.41) is 13.3. The van der Waals surface area contributed by atoms with Crippen molar-refractivity contribution in [1.82, 2.24) is 0 Å². The fourth-order valence-corrected chi connectivity index (χ4v) is 6.18. The molecule has 35 heavy (non-hydrogen) atoms. The second-order valence-electron chi connectivity index (χ2n) is 9.59. The van der Waals surface area contributed by atoms with E-state index in [0.717, 1.165) is 51.5 Å². The molecule has 1 fully saturated rings. The quantitative estimate of drug-likeness (QED) is 0.261. The molecule has 0 spiro atoms. The summed E-state index contributed by atoms with van der Waals surface area (Å²) >= 11 is 1.59. The van der Waals surface area contributed by atoms with Gasteiger partial charge in [0, 0.05) is 22.2 Å². The minimum Gasteiger partial charge on any atom is -0.389 e. The van der Waals surface area contributed by atoms with Crippen molar-refractivity contribution in [2.75, 3.05) is 5.32 Å². The monoisotopic (exact) mass is 481 g/mol. The molecule has 4 aromatic rings. The molecule has 178 valence electrons. The standard InChI is InChI=1S/C31H31NO2S/c1-20-7-3-9-23(17-20)27-13-6-14-28(27)31(34)30-16-15-29(35-30)24-10-5-12-26(19-24)32-25-11-4-8-22(18-25)21(2)33/h3-5,7-12,15-19,21,27-28,32-33H,6,13-14H2,1-2H3. The number of rotatable bonds is 7. The van der Waals surface area contributed by atoms with Crippen LogP contribution in [0.25, 0.3) is 10.4 Å². The smallest absolute Gasteiger partial charge is 0.176 e. The van der Waals surface area contributed by atoms with Gasteiger partial charge in [-0.25, -0.2) is 0 Å². The molecular formula is C31H31NO2S. The van der Waals surface area contributed by atoms with Crippen molar-refractivity contribution in [3.8, 4) is 10.4 Å². The van der Waals surface area contributed by atoms with E-state index in [4.69, 9.17) is 0 Å². The Morgan fingerprint density at radius 3 is 2.51 bits per heavy atom. The van der Waals surface area contributed by atoms with Gasteiger partial charge in [0.1, 0.15) is 0 Å². The third-order valence-electron chi connectivity index (χ3n) is 6.98. The largest absolute Gasteiger partial charge is 0.389 e. The van der Waals surface area contributed by atoms with Crippen molar-refractivity contribution in [3.63, 3.8) is 0 Å². The Balaban J connectivity index is 1.34. The van der Waals surface area contributed by atoms with Gasteiger partial charge in [0.25, 0.3) is 0 Å². The first kappa shape index (κ1) is 23.5. The Bertz CT molecular complexity index is 1340. The highest BCUT2D eigenvalue weighted by Crippen LogP contribution is 2.43. The maximum absolute atomic E-state index is 13.5. The van der Waals surface area contributed by atoms with Crippen molar-refractivity contribution in [2.24, 2.45) is 5.92 Å². The summed E-state index contributed by atoms with van der Waals surface area (Å²) < 4.78 is 0. The van der Waals surface area contributed by atoms with Gasteiger partial charge in [-0.1, -0.05) is 60.5 Å². The summed E-state index contributed by atoms with van der Waals surface area (Å²) in [5.41, 5.74) is 6.44. The van der Waals surface area contributed by atoms with Gasteiger partial charge >= 0.3 is 0 Å². The van der Waals surface area contributed by atoms with E-state index in [2.05, 4.69) is 54.7 Å². The third-order valence-corrected chi connectivity index (χ3v) is 8.13. The summed E-state index contributed by atoms with van der Waals surface area (Å²) in [4.78, 5) is 15.5. The first-order valence-electron chi connectivity index (χ1n) is 12.3. The van der Waals surface area contributed by atoms with Gasteiger partial charge in [-0.15, -0.1) is 11.3 Å². The minimum absolute atomic E-state index is 0.0671. The predicted molar refractivity (Wildman–Crippen MR) is 146 cm³/mol. The zero-order valence-corrected chi connectivity index (χ0v) is 21.0. The van der Waals surface area contributed by atoms with Crippen LogP contribution >= 0.6 is 11.3 Å². The number of Topliss-reactive ketones (excluding diaryl/α,β-unsaturated/α-hetero) is 1. The molecule has 0 amide bonds. The Morgan fingerprint density at radius 2 is 1.71 bits per heavy atom. The van der Waals surface area contributed by atoms with Crippen LogP contribution in [-0.4, -0.2) is 10.9 Å². The topological polar surface area (TPSA) is 49.3 Å². The molecule has 3 nitrogen and oxygen atoms in total. The number of aliphatic hydroxyl groups is 1. The maximum atomic E-state index is 13.5. The molecule has 2 N–H and O–H groups in total. The Hall–Kier alpha value is -3.21.